The summed E-state index contributed by atoms with van der Waals surface area (Å²) < 4.78 is 8.56. The molecule has 0 spiro atoms. The average Bonchev–Trinajstić information content (AvgIpc) is 2.44. The van der Waals surface area contributed by atoms with Gasteiger partial charge >= 0.3 is 0 Å². The van der Waals surface area contributed by atoms with Crippen LogP contribution in [0.2, 0.25) is 0 Å². The number of halogens is 4. The Morgan fingerprint density at radius 3 is 2.48 bits per heavy atom. The first-order valence-corrected chi connectivity index (χ1v) is 9.17. The molecule has 7 heteroatoms. The molecule has 0 fully saturated rings. The average molecular weight is 590 g/mol. The van der Waals surface area contributed by atoms with E-state index in [1.54, 1.807) is 13.2 Å². The SMILES string of the molecule is COc1cc(NC(=O)c2cc(I)ccc2Br)c(Br)cc1Br. The summed E-state index contributed by atoms with van der Waals surface area (Å²) in [5.41, 5.74) is 1.22. The standard InChI is InChI=1S/C14H9Br3INO2/c1-21-13-6-12(10(16)5-11(13)17)19-14(20)8-4-7(18)2-3-9(8)15/h2-6H,1H3,(H,19,20). The van der Waals surface area contributed by atoms with Crippen molar-refractivity contribution in [1.82, 2.24) is 0 Å². The molecule has 0 aromatic heterocycles. The number of nitrogens with one attached hydrogen (secondary N) is 1. The van der Waals surface area contributed by atoms with Gasteiger partial charge in [-0.3, -0.25) is 4.79 Å². The zero-order chi connectivity index (χ0) is 15.6. The van der Waals surface area contributed by atoms with E-state index in [9.17, 15) is 4.79 Å². The molecular weight excluding hydrogens is 581 g/mol. The lowest BCUT2D eigenvalue weighted by atomic mass is 10.2. The Hall–Kier alpha value is -0.120. The largest absolute Gasteiger partial charge is 0.495 e. The normalized spacial score (nSPS) is 10.3. The van der Waals surface area contributed by atoms with Crippen molar-refractivity contribution in [3.8, 4) is 5.75 Å². The van der Waals surface area contributed by atoms with Crippen molar-refractivity contribution in [2.24, 2.45) is 0 Å². The second-order valence-electron chi connectivity index (χ2n) is 4.04. The molecule has 3 nitrogen and oxygen atoms in total. The highest BCUT2D eigenvalue weighted by Gasteiger charge is 2.14. The van der Waals surface area contributed by atoms with Gasteiger partial charge in [0.05, 0.1) is 22.8 Å². The lowest BCUT2D eigenvalue weighted by molar-refractivity contribution is 0.102. The van der Waals surface area contributed by atoms with E-state index < -0.39 is 0 Å². The summed E-state index contributed by atoms with van der Waals surface area (Å²) >= 11 is 12.4. The summed E-state index contributed by atoms with van der Waals surface area (Å²) in [6.07, 6.45) is 0. The van der Waals surface area contributed by atoms with E-state index in [2.05, 4.69) is 75.7 Å². The van der Waals surface area contributed by atoms with Gasteiger partial charge in [-0.15, -0.1) is 0 Å². The molecule has 0 saturated carbocycles. The number of methoxy groups -OCH3 is 1. The molecule has 2 aromatic carbocycles. The molecule has 2 aromatic rings. The van der Waals surface area contributed by atoms with E-state index in [-0.39, 0.29) is 5.91 Å². The quantitative estimate of drug-likeness (QED) is 0.457. The highest BCUT2D eigenvalue weighted by atomic mass is 127. The van der Waals surface area contributed by atoms with Gasteiger partial charge in [0.25, 0.3) is 5.91 Å². The summed E-state index contributed by atoms with van der Waals surface area (Å²) in [5, 5.41) is 2.88. The van der Waals surface area contributed by atoms with Gasteiger partial charge in [0, 0.05) is 18.6 Å². The molecule has 0 radical (unpaired) electrons. The third-order valence-electron chi connectivity index (χ3n) is 2.66. The number of carbonyl (C=O) groups excluding carboxylic acids is 1. The fraction of sp³-hybridized carbons (Fsp3) is 0.0714. The maximum atomic E-state index is 12.4. The lowest BCUT2D eigenvalue weighted by Crippen LogP contribution is -2.13. The van der Waals surface area contributed by atoms with Crippen molar-refractivity contribution in [2.75, 3.05) is 12.4 Å². The van der Waals surface area contributed by atoms with Gasteiger partial charge < -0.3 is 10.1 Å². The summed E-state index contributed by atoms with van der Waals surface area (Å²) in [6, 6.07) is 9.20. The van der Waals surface area contributed by atoms with Gasteiger partial charge in [-0.05, 0) is 94.6 Å². The van der Waals surface area contributed by atoms with E-state index in [1.807, 2.05) is 24.3 Å². The van der Waals surface area contributed by atoms with Gasteiger partial charge in [0.2, 0.25) is 0 Å². The first-order chi connectivity index (χ1) is 9.92. The summed E-state index contributed by atoms with van der Waals surface area (Å²) in [4.78, 5) is 12.4. The Balaban J connectivity index is 2.33. The third kappa shape index (κ3) is 4.20. The molecule has 1 amide bonds. The van der Waals surface area contributed by atoms with Crippen LogP contribution >= 0.6 is 70.4 Å². The molecule has 0 aliphatic carbocycles. The number of hydrogen-bond acceptors (Lipinski definition) is 2. The Labute approximate surface area is 161 Å². The van der Waals surface area contributed by atoms with Crippen LogP contribution in [0.15, 0.2) is 43.7 Å². The van der Waals surface area contributed by atoms with Crippen molar-refractivity contribution < 1.29 is 9.53 Å². The van der Waals surface area contributed by atoms with E-state index in [1.165, 1.54) is 0 Å². The van der Waals surface area contributed by atoms with Crippen molar-refractivity contribution >= 4 is 82.0 Å². The van der Waals surface area contributed by atoms with E-state index in [0.717, 1.165) is 17.0 Å². The molecule has 0 atom stereocenters. The van der Waals surface area contributed by atoms with E-state index >= 15 is 0 Å². The molecule has 0 saturated heterocycles. The third-order valence-corrected chi connectivity index (χ3v) is 5.30. The number of anilines is 1. The minimum atomic E-state index is -0.189. The fourth-order valence-corrected chi connectivity index (χ4v) is 3.82. The van der Waals surface area contributed by atoms with Crippen LogP contribution in [0, 0.1) is 3.57 Å². The second kappa shape index (κ2) is 7.43. The predicted molar refractivity (Wildman–Crippen MR) is 103 cm³/mol. The van der Waals surface area contributed by atoms with Crippen molar-refractivity contribution in [3.05, 3.63) is 52.9 Å². The topological polar surface area (TPSA) is 38.3 Å². The molecular formula is C14H9Br3INO2. The van der Waals surface area contributed by atoms with Crippen LogP contribution in [0.25, 0.3) is 0 Å². The monoisotopic (exact) mass is 587 g/mol. The number of benzene rings is 2. The fourth-order valence-electron chi connectivity index (χ4n) is 1.64. The minimum absolute atomic E-state index is 0.189. The molecule has 2 rings (SSSR count). The van der Waals surface area contributed by atoms with Gasteiger partial charge in [-0.25, -0.2) is 0 Å². The maximum absolute atomic E-state index is 12.4. The molecule has 0 aliphatic heterocycles. The minimum Gasteiger partial charge on any atom is -0.495 e. The van der Waals surface area contributed by atoms with Crippen LogP contribution < -0.4 is 10.1 Å². The molecule has 0 bridgehead atoms. The van der Waals surface area contributed by atoms with Crippen LogP contribution in [0.5, 0.6) is 5.75 Å². The molecule has 110 valence electrons. The first kappa shape index (κ1) is 17.2. The van der Waals surface area contributed by atoms with Crippen LogP contribution in [-0.2, 0) is 0 Å². The number of rotatable bonds is 3. The number of carbonyl (C=O) groups is 1. The Morgan fingerprint density at radius 1 is 1.10 bits per heavy atom. The highest BCUT2D eigenvalue weighted by molar-refractivity contribution is 14.1. The number of ether oxygens (including phenoxy) is 1. The Bertz CT molecular complexity index is 707. The van der Waals surface area contributed by atoms with Gasteiger partial charge in [-0.1, -0.05) is 0 Å². The van der Waals surface area contributed by atoms with Crippen molar-refractivity contribution in [1.29, 1.82) is 0 Å². The van der Waals surface area contributed by atoms with Crippen molar-refractivity contribution in [2.45, 2.75) is 0 Å². The van der Waals surface area contributed by atoms with E-state index in [4.69, 9.17) is 4.74 Å². The van der Waals surface area contributed by atoms with Gasteiger partial charge in [-0.2, -0.15) is 0 Å². The summed E-state index contributed by atoms with van der Waals surface area (Å²) in [6.45, 7) is 0. The smallest absolute Gasteiger partial charge is 0.256 e. The zero-order valence-electron chi connectivity index (χ0n) is 10.7. The molecule has 21 heavy (non-hydrogen) atoms. The Kier molecular flexibility index (Phi) is 6.10. The summed E-state index contributed by atoms with van der Waals surface area (Å²) in [5.74, 6) is 0.459. The van der Waals surface area contributed by atoms with Crippen LogP contribution in [0.3, 0.4) is 0 Å². The summed E-state index contributed by atoms with van der Waals surface area (Å²) in [7, 11) is 1.58. The van der Waals surface area contributed by atoms with Crippen molar-refractivity contribution in [3.63, 3.8) is 0 Å². The predicted octanol–water partition coefficient (Wildman–Crippen LogP) is 5.84. The van der Waals surface area contributed by atoms with E-state index in [0.29, 0.717) is 17.0 Å². The van der Waals surface area contributed by atoms with Gasteiger partial charge in [0.15, 0.2) is 0 Å². The number of hydrogen-bond donors (Lipinski definition) is 1. The van der Waals surface area contributed by atoms with Crippen LogP contribution in [0.1, 0.15) is 10.4 Å². The molecule has 0 aliphatic rings. The maximum Gasteiger partial charge on any atom is 0.256 e. The molecule has 0 heterocycles. The van der Waals surface area contributed by atoms with Crippen LogP contribution in [-0.4, -0.2) is 13.0 Å². The Morgan fingerprint density at radius 2 is 1.81 bits per heavy atom. The zero-order valence-corrected chi connectivity index (χ0v) is 17.6. The molecule has 0 unspecified atom stereocenters. The van der Waals surface area contributed by atoms with Gasteiger partial charge in [0.1, 0.15) is 5.75 Å². The highest BCUT2D eigenvalue weighted by Crippen LogP contribution is 2.35. The van der Waals surface area contributed by atoms with Crippen LogP contribution in [0.4, 0.5) is 5.69 Å². The number of amides is 1. The second-order valence-corrected chi connectivity index (χ2v) is 7.85. The first-order valence-electron chi connectivity index (χ1n) is 5.72. The molecule has 1 N–H and O–H groups in total. The lowest BCUT2D eigenvalue weighted by Gasteiger charge is -2.12.